The third kappa shape index (κ3) is 5.12. The van der Waals surface area contributed by atoms with Crippen LogP contribution in [0.3, 0.4) is 0 Å². The van der Waals surface area contributed by atoms with Crippen LogP contribution in [0.5, 0.6) is 0 Å². The molecule has 1 unspecified atom stereocenters. The number of aliphatic carboxylic acids is 1. The minimum atomic E-state index is -0.703. The molecule has 0 bridgehead atoms. The average molecular weight is 367 g/mol. The van der Waals surface area contributed by atoms with Gasteiger partial charge in [0.05, 0.1) is 12.0 Å². The maximum Gasteiger partial charge on any atom is 0.317 e. The second-order valence-corrected chi connectivity index (χ2v) is 8.54. The molecular weight excluding hydrogens is 332 g/mol. The number of ether oxygens (including phenoxy) is 1. The standard InChI is InChI=1S/C20H34N2O4/c1-14-4-10-17(11-5-14)22(13-18-3-2-12-26-18)20(25)21-16-8-6-15(7-9-16)19(23)24/h14-18H,2-13H2,1H3,(H,21,25)(H,23,24). The van der Waals surface area contributed by atoms with Crippen molar-refractivity contribution in [1.29, 1.82) is 0 Å². The minimum Gasteiger partial charge on any atom is -0.481 e. The van der Waals surface area contributed by atoms with Gasteiger partial charge in [-0.25, -0.2) is 4.79 Å². The molecule has 6 heteroatoms. The maximum atomic E-state index is 13.0. The van der Waals surface area contributed by atoms with Crippen LogP contribution in [0.25, 0.3) is 0 Å². The molecule has 0 aromatic carbocycles. The second-order valence-electron chi connectivity index (χ2n) is 8.54. The summed E-state index contributed by atoms with van der Waals surface area (Å²) in [5.41, 5.74) is 0. The summed E-state index contributed by atoms with van der Waals surface area (Å²) in [6.07, 6.45) is 9.66. The Hall–Kier alpha value is -1.30. The Balaban J connectivity index is 1.56. The molecule has 26 heavy (non-hydrogen) atoms. The average Bonchev–Trinajstić information content (AvgIpc) is 3.14. The lowest BCUT2D eigenvalue weighted by molar-refractivity contribution is -0.142. The molecule has 1 heterocycles. The van der Waals surface area contributed by atoms with E-state index in [0.717, 1.165) is 51.0 Å². The van der Waals surface area contributed by atoms with Crippen LogP contribution in [0.1, 0.15) is 71.1 Å². The smallest absolute Gasteiger partial charge is 0.317 e. The number of carboxylic acid groups (broad SMARTS) is 1. The van der Waals surface area contributed by atoms with Crippen molar-refractivity contribution in [3.63, 3.8) is 0 Å². The molecule has 1 saturated heterocycles. The Kier molecular flexibility index (Phi) is 6.79. The summed E-state index contributed by atoms with van der Waals surface area (Å²) in [6, 6.07) is 0.442. The number of rotatable bonds is 5. The van der Waals surface area contributed by atoms with Crippen molar-refractivity contribution in [2.75, 3.05) is 13.2 Å². The van der Waals surface area contributed by atoms with Gasteiger partial charge in [-0.15, -0.1) is 0 Å². The molecular formula is C20H34N2O4. The van der Waals surface area contributed by atoms with E-state index in [1.54, 1.807) is 0 Å². The van der Waals surface area contributed by atoms with Gasteiger partial charge in [0.2, 0.25) is 0 Å². The van der Waals surface area contributed by atoms with Gasteiger partial charge >= 0.3 is 12.0 Å². The minimum absolute atomic E-state index is 0.0267. The van der Waals surface area contributed by atoms with Gasteiger partial charge in [0.15, 0.2) is 0 Å². The summed E-state index contributed by atoms with van der Waals surface area (Å²) in [6.45, 7) is 3.79. The van der Waals surface area contributed by atoms with Gasteiger partial charge < -0.3 is 20.1 Å². The summed E-state index contributed by atoms with van der Waals surface area (Å²) in [5, 5.41) is 12.3. The molecule has 2 N–H and O–H groups in total. The zero-order valence-corrected chi connectivity index (χ0v) is 16.0. The molecule has 0 aromatic heterocycles. The summed E-state index contributed by atoms with van der Waals surface area (Å²) in [4.78, 5) is 26.2. The van der Waals surface area contributed by atoms with Crippen LogP contribution < -0.4 is 5.32 Å². The lowest BCUT2D eigenvalue weighted by Gasteiger charge is -2.38. The number of urea groups is 1. The van der Waals surface area contributed by atoms with Crippen LogP contribution in [0.2, 0.25) is 0 Å². The van der Waals surface area contributed by atoms with E-state index in [9.17, 15) is 9.59 Å². The molecule has 2 aliphatic carbocycles. The van der Waals surface area contributed by atoms with E-state index in [1.807, 2.05) is 4.90 Å². The number of hydrogen-bond acceptors (Lipinski definition) is 3. The normalized spacial score (nSPS) is 35.0. The summed E-state index contributed by atoms with van der Waals surface area (Å²) >= 11 is 0. The van der Waals surface area contributed by atoms with Crippen molar-refractivity contribution >= 4 is 12.0 Å². The molecule has 0 aromatic rings. The van der Waals surface area contributed by atoms with Crippen molar-refractivity contribution in [1.82, 2.24) is 10.2 Å². The highest BCUT2D eigenvalue weighted by Gasteiger charge is 2.33. The zero-order chi connectivity index (χ0) is 18.5. The topological polar surface area (TPSA) is 78.9 Å². The number of carbonyl (C=O) groups excluding carboxylic acids is 1. The zero-order valence-electron chi connectivity index (χ0n) is 16.0. The summed E-state index contributed by atoms with van der Waals surface area (Å²) in [5.74, 6) is -0.192. The third-order valence-corrected chi connectivity index (χ3v) is 6.52. The van der Waals surface area contributed by atoms with E-state index in [0.29, 0.717) is 25.4 Å². The first-order valence-electron chi connectivity index (χ1n) is 10.4. The second kappa shape index (κ2) is 9.07. The van der Waals surface area contributed by atoms with Crippen LogP contribution in [0, 0.1) is 11.8 Å². The van der Waals surface area contributed by atoms with Crippen LogP contribution >= 0.6 is 0 Å². The molecule has 2 saturated carbocycles. The monoisotopic (exact) mass is 366 g/mol. The largest absolute Gasteiger partial charge is 0.481 e. The molecule has 3 fully saturated rings. The van der Waals surface area contributed by atoms with E-state index in [-0.39, 0.29) is 24.1 Å². The molecule has 6 nitrogen and oxygen atoms in total. The van der Waals surface area contributed by atoms with Crippen molar-refractivity contribution in [3.8, 4) is 0 Å². The van der Waals surface area contributed by atoms with E-state index >= 15 is 0 Å². The first-order valence-corrected chi connectivity index (χ1v) is 10.4. The van der Waals surface area contributed by atoms with E-state index in [4.69, 9.17) is 9.84 Å². The van der Waals surface area contributed by atoms with Crippen LogP contribution in [-0.2, 0) is 9.53 Å². The fraction of sp³-hybridized carbons (Fsp3) is 0.900. The van der Waals surface area contributed by atoms with Gasteiger partial charge in [-0.3, -0.25) is 4.79 Å². The molecule has 3 aliphatic rings. The van der Waals surface area contributed by atoms with Crippen LogP contribution in [0.4, 0.5) is 4.79 Å². The van der Waals surface area contributed by atoms with Gasteiger partial charge in [0, 0.05) is 25.2 Å². The number of carbonyl (C=O) groups is 2. The number of carboxylic acids is 1. The molecule has 2 amide bonds. The highest BCUT2D eigenvalue weighted by molar-refractivity contribution is 5.75. The highest BCUT2D eigenvalue weighted by Crippen LogP contribution is 2.29. The van der Waals surface area contributed by atoms with Gasteiger partial charge in [-0.05, 0) is 70.1 Å². The fourth-order valence-electron chi connectivity index (χ4n) is 4.70. The molecule has 1 aliphatic heterocycles. The summed E-state index contributed by atoms with van der Waals surface area (Å²) in [7, 11) is 0. The Morgan fingerprint density at radius 3 is 2.31 bits per heavy atom. The van der Waals surface area contributed by atoms with Gasteiger partial charge in [0.25, 0.3) is 0 Å². The van der Waals surface area contributed by atoms with Gasteiger partial charge in [0.1, 0.15) is 0 Å². The Labute approximate surface area is 156 Å². The SMILES string of the molecule is CC1CCC(N(CC2CCCO2)C(=O)NC2CCC(C(=O)O)CC2)CC1. The van der Waals surface area contributed by atoms with Gasteiger partial charge in [-0.2, -0.15) is 0 Å². The predicted molar refractivity (Wildman–Crippen MR) is 99.0 cm³/mol. The van der Waals surface area contributed by atoms with Crippen molar-refractivity contribution < 1.29 is 19.4 Å². The fourth-order valence-corrected chi connectivity index (χ4v) is 4.70. The molecule has 148 valence electrons. The van der Waals surface area contributed by atoms with E-state index in [1.165, 1.54) is 12.8 Å². The molecule has 1 atom stereocenters. The van der Waals surface area contributed by atoms with Crippen molar-refractivity contribution in [2.24, 2.45) is 11.8 Å². The maximum absolute atomic E-state index is 13.0. The lowest BCUT2D eigenvalue weighted by atomic mass is 9.85. The Morgan fingerprint density at radius 2 is 1.73 bits per heavy atom. The molecule has 0 radical (unpaired) electrons. The lowest BCUT2D eigenvalue weighted by Crippen LogP contribution is -2.53. The van der Waals surface area contributed by atoms with E-state index in [2.05, 4.69) is 12.2 Å². The first-order chi connectivity index (χ1) is 12.5. The number of amides is 2. The predicted octanol–water partition coefficient (Wildman–Crippen LogP) is 3.40. The van der Waals surface area contributed by atoms with E-state index < -0.39 is 5.97 Å². The van der Waals surface area contributed by atoms with Crippen molar-refractivity contribution in [3.05, 3.63) is 0 Å². The number of nitrogens with zero attached hydrogens (tertiary/aromatic N) is 1. The Bertz CT molecular complexity index is 476. The molecule has 0 spiro atoms. The highest BCUT2D eigenvalue weighted by atomic mass is 16.5. The summed E-state index contributed by atoms with van der Waals surface area (Å²) < 4.78 is 5.79. The van der Waals surface area contributed by atoms with Crippen LogP contribution in [0.15, 0.2) is 0 Å². The van der Waals surface area contributed by atoms with Gasteiger partial charge in [-0.1, -0.05) is 6.92 Å². The van der Waals surface area contributed by atoms with Crippen LogP contribution in [-0.4, -0.2) is 53.3 Å². The number of nitrogens with one attached hydrogen (secondary N) is 1. The third-order valence-electron chi connectivity index (χ3n) is 6.52. The molecule has 3 rings (SSSR count). The number of hydrogen-bond donors (Lipinski definition) is 2. The van der Waals surface area contributed by atoms with Crippen molar-refractivity contribution in [2.45, 2.75) is 89.3 Å². The quantitative estimate of drug-likeness (QED) is 0.782. The Morgan fingerprint density at radius 1 is 1.04 bits per heavy atom. The first kappa shape index (κ1) is 19.5.